The van der Waals surface area contributed by atoms with Gasteiger partial charge in [0.25, 0.3) is 0 Å². The molecule has 434 valence electrons. The van der Waals surface area contributed by atoms with Gasteiger partial charge in [0.15, 0.2) is 0 Å². The SMILES string of the molecule is Cc1ccc(C#C[PH+](c2ccccc2)c2ccccc2)cc1.Cc1ccc(C#C[PH+](c2ccccc2)c2ccccc2)cc1.Cc1ccc(C#C[PH+](c2ccccc2)c2ccccc2)cc1.Cc1ccc(C#C[PH+](c2ccccc2)c2ccccc2)cc1.[Pt]. The van der Waals surface area contributed by atoms with Crippen molar-refractivity contribution < 1.29 is 21.1 Å². The van der Waals surface area contributed by atoms with Crippen molar-refractivity contribution in [2.75, 3.05) is 0 Å². The Morgan fingerprint density at radius 1 is 0.169 bits per heavy atom. The zero-order valence-electron chi connectivity index (χ0n) is 50.6. The van der Waals surface area contributed by atoms with Gasteiger partial charge in [-0.3, -0.25) is 0 Å². The number of hydrogen-bond acceptors (Lipinski definition) is 0. The first kappa shape index (κ1) is 66.2. The summed E-state index contributed by atoms with van der Waals surface area (Å²) in [5, 5.41) is 10.7. The van der Waals surface area contributed by atoms with E-state index in [0.717, 1.165) is 22.3 Å². The van der Waals surface area contributed by atoms with Gasteiger partial charge in [0.05, 0.1) is 22.6 Å². The third-order valence-electron chi connectivity index (χ3n) is 14.0. The molecule has 0 heterocycles. The molecule has 12 rings (SSSR count). The van der Waals surface area contributed by atoms with E-state index in [2.05, 4.69) is 414 Å². The maximum atomic E-state index is 3.54. The number of aryl methyl sites for hydroxylation is 4. The molecule has 0 N–H and O–H groups in total. The van der Waals surface area contributed by atoms with Gasteiger partial charge in [-0.1, -0.05) is 216 Å². The fourth-order valence-corrected chi connectivity index (χ4v) is 16.9. The second-order valence-electron chi connectivity index (χ2n) is 20.9. The summed E-state index contributed by atoms with van der Waals surface area (Å²) in [6, 6.07) is 119. The zero-order chi connectivity index (χ0) is 60.8. The normalized spacial score (nSPS) is 9.98. The third-order valence-corrected chi connectivity index (χ3v) is 22.8. The quantitative estimate of drug-likeness (QED) is 0.105. The van der Waals surface area contributed by atoms with E-state index in [-0.39, 0.29) is 21.1 Å². The monoisotopic (exact) mass is 1400 g/mol. The van der Waals surface area contributed by atoms with Crippen molar-refractivity contribution in [2.24, 2.45) is 0 Å². The van der Waals surface area contributed by atoms with E-state index in [0.29, 0.717) is 0 Å². The summed E-state index contributed by atoms with van der Waals surface area (Å²) in [6.45, 7) is 8.39. The largest absolute Gasteiger partial charge is 0.144 e. The van der Waals surface area contributed by atoms with Gasteiger partial charge in [0, 0.05) is 43.3 Å². The van der Waals surface area contributed by atoms with Gasteiger partial charge in [-0.25, -0.2) is 0 Å². The van der Waals surface area contributed by atoms with Crippen LogP contribution in [0.2, 0.25) is 0 Å². The van der Waals surface area contributed by atoms with Gasteiger partial charge >= 0.3 is 0 Å². The molecule has 0 saturated carbocycles. The van der Waals surface area contributed by atoms with Gasteiger partial charge < -0.3 is 0 Å². The number of benzene rings is 12. The van der Waals surface area contributed by atoms with Crippen LogP contribution >= 0.6 is 31.7 Å². The summed E-state index contributed by atoms with van der Waals surface area (Å²) in [4.78, 5) is 0. The summed E-state index contributed by atoms with van der Waals surface area (Å²) in [7, 11) is -4.27. The fraction of sp³-hybridized carbons (Fsp3) is 0.0476. The average Bonchev–Trinajstić information content (AvgIpc) is 3.68. The Hall–Kier alpha value is -8.71. The molecule has 0 aliphatic carbocycles. The number of rotatable bonds is 8. The molecule has 0 nitrogen and oxygen atoms in total. The van der Waals surface area contributed by atoms with E-state index in [1.807, 2.05) is 0 Å². The molecule has 0 aromatic heterocycles. The summed E-state index contributed by atoms with van der Waals surface area (Å²) in [6.07, 6.45) is 0. The van der Waals surface area contributed by atoms with Gasteiger partial charge in [-0.2, -0.15) is 0 Å². The van der Waals surface area contributed by atoms with Crippen LogP contribution in [0.25, 0.3) is 0 Å². The van der Waals surface area contributed by atoms with Crippen molar-refractivity contribution in [1.29, 1.82) is 0 Å². The Kier molecular flexibility index (Phi) is 27.2. The Bertz CT molecular complexity index is 3530. The minimum absolute atomic E-state index is 0. The molecule has 0 radical (unpaired) electrons. The second kappa shape index (κ2) is 36.6. The first-order chi connectivity index (χ1) is 43.3. The van der Waals surface area contributed by atoms with Crippen LogP contribution in [0.15, 0.2) is 340 Å². The molecule has 0 amide bonds. The Morgan fingerprint density at radius 2 is 0.292 bits per heavy atom. The summed E-state index contributed by atoms with van der Waals surface area (Å²) < 4.78 is 0. The minimum Gasteiger partial charge on any atom is -0.0620 e. The first-order valence-electron chi connectivity index (χ1n) is 29.6. The molecule has 0 saturated heterocycles. The molecule has 0 fully saturated rings. The van der Waals surface area contributed by atoms with Gasteiger partial charge in [0.2, 0.25) is 0 Å². The molecule has 89 heavy (non-hydrogen) atoms. The minimum atomic E-state index is -1.07. The van der Waals surface area contributed by atoms with E-state index >= 15 is 0 Å². The molecule has 0 spiro atoms. The van der Waals surface area contributed by atoms with Crippen LogP contribution in [0.1, 0.15) is 44.5 Å². The molecular weight excluding hydrogens is 1330 g/mol. The molecule has 0 unspecified atom stereocenters. The fourth-order valence-electron chi connectivity index (χ4n) is 9.17. The standard InChI is InChI=1S/4C21H17P.Pt/c4*1-18-12-14-19(15-13-18)16-17-22(20-8-4-2-5-9-20)21-10-6-3-7-11-21;/h4*2-15H,1H3;/p+4. The topological polar surface area (TPSA) is 0 Å². The van der Waals surface area contributed by atoms with Gasteiger partial charge in [-0.05, 0) is 197 Å². The summed E-state index contributed by atoms with van der Waals surface area (Å²) in [5.74, 6) is 13.5. The van der Waals surface area contributed by atoms with Crippen molar-refractivity contribution in [1.82, 2.24) is 0 Å². The van der Waals surface area contributed by atoms with Crippen molar-refractivity contribution in [2.45, 2.75) is 27.7 Å². The predicted octanol–water partition coefficient (Wildman–Crippen LogP) is 16.7. The predicted molar refractivity (Wildman–Crippen MR) is 394 cm³/mol. The average molecular weight is 1400 g/mol. The van der Waals surface area contributed by atoms with Crippen molar-refractivity contribution in [3.8, 4) is 46.3 Å². The molecule has 12 aromatic carbocycles. The molecule has 0 aliphatic heterocycles. The number of hydrogen-bond donors (Lipinski definition) is 0. The van der Waals surface area contributed by atoms with Crippen LogP contribution in [0.4, 0.5) is 0 Å². The van der Waals surface area contributed by atoms with Gasteiger partial charge in [-0.15, -0.1) is 0 Å². The summed E-state index contributed by atoms with van der Waals surface area (Å²) >= 11 is 0. The van der Waals surface area contributed by atoms with Crippen LogP contribution in [0.5, 0.6) is 0 Å². The summed E-state index contributed by atoms with van der Waals surface area (Å²) in [5.41, 5.74) is 23.6. The Balaban J connectivity index is 0.000000153. The Morgan fingerprint density at radius 3 is 0.416 bits per heavy atom. The maximum absolute atomic E-state index is 3.54. The molecular formula is C84H72P4Pt+4. The van der Waals surface area contributed by atoms with Crippen molar-refractivity contribution >= 4 is 74.1 Å². The molecule has 12 aromatic rings. The molecule has 0 bridgehead atoms. The van der Waals surface area contributed by atoms with E-state index in [4.69, 9.17) is 0 Å². The van der Waals surface area contributed by atoms with Gasteiger partial charge in [0.1, 0.15) is 74.1 Å². The molecule has 5 heteroatoms. The van der Waals surface area contributed by atoms with E-state index in [1.54, 1.807) is 0 Å². The second-order valence-corrected chi connectivity index (χ2v) is 29.5. The van der Waals surface area contributed by atoms with Crippen LogP contribution in [-0.4, -0.2) is 0 Å². The van der Waals surface area contributed by atoms with E-state index < -0.39 is 31.7 Å². The zero-order valence-corrected chi connectivity index (χ0v) is 56.9. The van der Waals surface area contributed by atoms with Crippen LogP contribution in [0, 0.1) is 74.0 Å². The molecule has 0 atom stereocenters. The van der Waals surface area contributed by atoms with E-state index in [1.165, 1.54) is 64.7 Å². The first-order valence-corrected chi connectivity index (χ1v) is 35.6. The third kappa shape index (κ3) is 21.8. The molecule has 0 aliphatic rings. The van der Waals surface area contributed by atoms with Crippen LogP contribution < -0.4 is 42.4 Å². The van der Waals surface area contributed by atoms with Crippen molar-refractivity contribution in [3.05, 3.63) is 384 Å². The maximum Gasteiger partial charge on any atom is 0.144 e. The van der Waals surface area contributed by atoms with Crippen molar-refractivity contribution in [3.63, 3.8) is 0 Å². The Labute approximate surface area is 549 Å². The van der Waals surface area contributed by atoms with Crippen LogP contribution in [0.3, 0.4) is 0 Å². The van der Waals surface area contributed by atoms with Crippen LogP contribution in [-0.2, 0) is 21.1 Å². The van der Waals surface area contributed by atoms with E-state index in [9.17, 15) is 0 Å². The smallest absolute Gasteiger partial charge is 0.0620 e.